The molecule has 0 saturated carbocycles. The number of nitrogens with zero attached hydrogens (tertiary/aromatic N) is 1. The summed E-state index contributed by atoms with van der Waals surface area (Å²) in [5.41, 5.74) is 4.20. The van der Waals surface area contributed by atoms with Gasteiger partial charge in [0.25, 0.3) is 0 Å². The standard InChI is InChI=1S/C16H15Cl2N3OS/c1-10(11-5-3-2-4-6-11)20-16(23)21-19-9-12-7-13(17)8-14(18)15(12)22/h2-10,22H,1H3,(H2,20,21,23). The van der Waals surface area contributed by atoms with Crippen molar-refractivity contribution in [3.8, 4) is 5.75 Å². The summed E-state index contributed by atoms with van der Waals surface area (Å²) in [4.78, 5) is 0. The van der Waals surface area contributed by atoms with Crippen LogP contribution in [0.4, 0.5) is 0 Å². The number of phenolic OH excluding ortho intramolecular Hbond substituents is 1. The van der Waals surface area contributed by atoms with Crippen LogP contribution in [0.2, 0.25) is 10.0 Å². The second-order valence-electron chi connectivity index (χ2n) is 4.80. The van der Waals surface area contributed by atoms with Crippen molar-refractivity contribution in [1.29, 1.82) is 0 Å². The normalized spacial score (nSPS) is 12.1. The van der Waals surface area contributed by atoms with Gasteiger partial charge in [0, 0.05) is 10.6 Å². The van der Waals surface area contributed by atoms with Gasteiger partial charge in [-0.3, -0.25) is 5.43 Å². The molecule has 7 heteroatoms. The van der Waals surface area contributed by atoms with Crippen LogP contribution in [0.3, 0.4) is 0 Å². The van der Waals surface area contributed by atoms with Gasteiger partial charge in [0.05, 0.1) is 17.3 Å². The van der Waals surface area contributed by atoms with Crippen molar-refractivity contribution in [1.82, 2.24) is 10.7 Å². The van der Waals surface area contributed by atoms with Crippen molar-refractivity contribution in [2.75, 3.05) is 0 Å². The van der Waals surface area contributed by atoms with E-state index in [-0.39, 0.29) is 16.8 Å². The number of hydrazone groups is 1. The predicted molar refractivity (Wildman–Crippen MR) is 99.4 cm³/mol. The molecule has 0 aliphatic heterocycles. The average molecular weight is 368 g/mol. The molecule has 3 N–H and O–H groups in total. The molecule has 1 unspecified atom stereocenters. The number of hydrogen-bond donors (Lipinski definition) is 3. The minimum absolute atomic E-state index is 0.0421. The van der Waals surface area contributed by atoms with E-state index in [2.05, 4.69) is 15.8 Å². The van der Waals surface area contributed by atoms with Crippen LogP contribution in [0.1, 0.15) is 24.1 Å². The molecule has 0 heterocycles. The molecule has 4 nitrogen and oxygen atoms in total. The maximum absolute atomic E-state index is 9.82. The van der Waals surface area contributed by atoms with Gasteiger partial charge in [-0.05, 0) is 36.8 Å². The second kappa shape index (κ2) is 8.15. The van der Waals surface area contributed by atoms with Crippen LogP contribution in [0.15, 0.2) is 47.6 Å². The van der Waals surface area contributed by atoms with E-state index in [1.807, 2.05) is 37.3 Å². The summed E-state index contributed by atoms with van der Waals surface area (Å²) in [6.45, 7) is 2.00. The fourth-order valence-electron chi connectivity index (χ4n) is 1.90. The molecule has 0 bridgehead atoms. The van der Waals surface area contributed by atoms with E-state index < -0.39 is 0 Å². The van der Waals surface area contributed by atoms with Gasteiger partial charge in [-0.15, -0.1) is 0 Å². The summed E-state index contributed by atoms with van der Waals surface area (Å²) in [6.07, 6.45) is 1.40. The molecule has 0 radical (unpaired) electrons. The lowest BCUT2D eigenvalue weighted by molar-refractivity contribution is 0.474. The smallest absolute Gasteiger partial charge is 0.187 e. The van der Waals surface area contributed by atoms with Crippen molar-refractivity contribution < 1.29 is 5.11 Å². The van der Waals surface area contributed by atoms with Crippen LogP contribution in [0, 0.1) is 0 Å². The molecule has 1 atom stereocenters. The van der Waals surface area contributed by atoms with Gasteiger partial charge in [-0.25, -0.2) is 0 Å². The highest BCUT2D eigenvalue weighted by molar-refractivity contribution is 7.80. The summed E-state index contributed by atoms with van der Waals surface area (Å²) < 4.78 is 0. The molecule has 23 heavy (non-hydrogen) atoms. The molecule has 0 amide bonds. The second-order valence-corrected chi connectivity index (χ2v) is 6.05. The Morgan fingerprint density at radius 2 is 1.96 bits per heavy atom. The lowest BCUT2D eigenvalue weighted by Crippen LogP contribution is -2.34. The first kappa shape index (κ1) is 17.5. The Morgan fingerprint density at radius 3 is 2.65 bits per heavy atom. The molecular weight excluding hydrogens is 353 g/mol. The first-order chi connectivity index (χ1) is 11.0. The molecule has 120 valence electrons. The van der Waals surface area contributed by atoms with Gasteiger partial charge in [-0.2, -0.15) is 5.10 Å². The van der Waals surface area contributed by atoms with Crippen molar-refractivity contribution >= 4 is 46.7 Å². The molecule has 2 rings (SSSR count). The number of phenols is 1. The van der Waals surface area contributed by atoms with Gasteiger partial charge >= 0.3 is 0 Å². The van der Waals surface area contributed by atoms with Crippen molar-refractivity contribution in [2.24, 2.45) is 5.10 Å². The summed E-state index contributed by atoms with van der Waals surface area (Å²) in [7, 11) is 0. The van der Waals surface area contributed by atoms with Crippen LogP contribution in [-0.2, 0) is 0 Å². The van der Waals surface area contributed by atoms with E-state index in [0.29, 0.717) is 15.7 Å². The monoisotopic (exact) mass is 367 g/mol. The minimum atomic E-state index is -0.0850. The minimum Gasteiger partial charge on any atom is -0.506 e. The molecule has 0 aliphatic carbocycles. The largest absolute Gasteiger partial charge is 0.506 e. The highest BCUT2D eigenvalue weighted by Gasteiger charge is 2.07. The number of halogens is 2. The molecule has 2 aromatic carbocycles. The summed E-state index contributed by atoms with van der Waals surface area (Å²) in [6, 6.07) is 13.0. The van der Waals surface area contributed by atoms with Gasteiger partial charge in [0.15, 0.2) is 5.11 Å². The third-order valence-corrected chi connectivity index (χ3v) is 3.79. The fraction of sp³-hybridized carbons (Fsp3) is 0.125. The van der Waals surface area contributed by atoms with Crippen LogP contribution < -0.4 is 10.7 Å². The number of aromatic hydroxyl groups is 1. The average Bonchev–Trinajstić information content (AvgIpc) is 2.52. The molecule has 0 fully saturated rings. The van der Waals surface area contributed by atoms with E-state index in [1.54, 1.807) is 6.07 Å². The SMILES string of the molecule is CC(NC(=S)NN=Cc1cc(Cl)cc(Cl)c1O)c1ccccc1. The Morgan fingerprint density at radius 1 is 1.26 bits per heavy atom. The Kier molecular flexibility index (Phi) is 6.21. The number of benzene rings is 2. The van der Waals surface area contributed by atoms with Crippen molar-refractivity contribution in [3.63, 3.8) is 0 Å². The molecular formula is C16H15Cl2N3OS. The quantitative estimate of drug-likeness (QED) is 0.429. The van der Waals surface area contributed by atoms with Gasteiger partial charge in [-0.1, -0.05) is 53.5 Å². The third-order valence-electron chi connectivity index (χ3n) is 3.07. The molecule has 0 saturated heterocycles. The van der Waals surface area contributed by atoms with Crippen molar-refractivity contribution in [2.45, 2.75) is 13.0 Å². The molecule has 2 aromatic rings. The molecule has 0 spiro atoms. The first-order valence-electron chi connectivity index (χ1n) is 6.80. The lowest BCUT2D eigenvalue weighted by atomic mass is 10.1. The topological polar surface area (TPSA) is 56.7 Å². The van der Waals surface area contributed by atoms with E-state index in [1.165, 1.54) is 12.3 Å². The van der Waals surface area contributed by atoms with E-state index >= 15 is 0 Å². The molecule has 0 aromatic heterocycles. The van der Waals surface area contributed by atoms with Gasteiger partial charge < -0.3 is 10.4 Å². The third kappa shape index (κ3) is 5.10. The van der Waals surface area contributed by atoms with Crippen LogP contribution >= 0.6 is 35.4 Å². The Bertz CT molecular complexity index is 723. The molecule has 0 aliphatic rings. The fourth-order valence-corrected chi connectivity index (χ4v) is 2.64. The maximum Gasteiger partial charge on any atom is 0.187 e. The number of rotatable bonds is 4. The van der Waals surface area contributed by atoms with E-state index in [0.717, 1.165) is 5.56 Å². The highest BCUT2D eigenvalue weighted by atomic mass is 35.5. The van der Waals surface area contributed by atoms with Crippen LogP contribution in [0.5, 0.6) is 5.75 Å². The number of nitrogens with one attached hydrogen (secondary N) is 2. The van der Waals surface area contributed by atoms with E-state index in [9.17, 15) is 5.11 Å². The van der Waals surface area contributed by atoms with Crippen LogP contribution in [-0.4, -0.2) is 16.4 Å². The van der Waals surface area contributed by atoms with Crippen LogP contribution in [0.25, 0.3) is 0 Å². The summed E-state index contributed by atoms with van der Waals surface area (Å²) in [5.74, 6) is -0.0850. The zero-order valence-corrected chi connectivity index (χ0v) is 14.6. The van der Waals surface area contributed by atoms with Gasteiger partial charge in [0.2, 0.25) is 0 Å². The Hall–Kier alpha value is -1.82. The van der Waals surface area contributed by atoms with Gasteiger partial charge in [0.1, 0.15) is 5.75 Å². The first-order valence-corrected chi connectivity index (χ1v) is 7.96. The Balaban J connectivity index is 1.94. The Labute approximate surface area is 150 Å². The van der Waals surface area contributed by atoms with Crippen molar-refractivity contribution in [3.05, 3.63) is 63.6 Å². The highest BCUT2D eigenvalue weighted by Crippen LogP contribution is 2.29. The predicted octanol–water partition coefficient (Wildman–Crippen LogP) is 4.26. The zero-order chi connectivity index (χ0) is 16.8. The maximum atomic E-state index is 9.82. The lowest BCUT2D eigenvalue weighted by Gasteiger charge is -2.15. The summed E-state index contributed by atoms with van der Waals surface area (Å²) in [5, 5.41) is 17.9. The van der Waals surface area contributed by atoms with E-state index in [4.69, 9.17) is 35.4 Å². The number of thiocarbonyl (C=S) groups is 1. The number of hydrogen-bond acceptors (Lipinski definition) is 3. The summed E-state index contributed by atoms with van der Waals surface area (Å²) >= 11 is 16.9. The zero-order valence-electron chi connectivity index (χ0n) is 12.3.